The van der Waals surface area contributed by atoms with Gasteiger partial charge in [0.05, 0.1) is 0 Å². The molecule has 5 nitrogen and oxygen atoms in total. The number of aryl methyl sites for hydroxylation is 1. The van der Waals surface area contributed by atoms with E-state index in [1.54, 1.807) is 30.3 Å². The molecule has 120 valence electrons. The molecule has 24 heavy (non-hydrogen) atoms. The maximum absolute atomic E-state index is 12.9. The molecule has 1 aromatic heterocycles. The lowest BCUT2D eigenvalue weighted by Crippen LogP contribution is -2.14. The van der Waals surface area contributed by atoms with Gasteiger partial charge in [0.25, 0.3) is 5.91 Å². The van der Waals surface area contributed by atoms with Crippen molar-refractivity contribution < 1.29 is 9.18 Å². The fraction of sp³-hybridized carbons (Fsp3) is 0.0556. The van der Waals surface area contributed by atoms with E-state index in [1.807, 2.05) is 25.1 Å². The van der Waals surface area contributed by atoms with E-state index in [1.165, 1.54) is 12.1 Å². The number of carbonyl (C=O) groups excluding carboxylic acids is 1. The second-order valence-electron chi connectivity index (χ2n) is 5.20. The number of amides is 1. The number of hydrogen-bond acceptors (Lipinski definition) is 4. The number of nitrogens with one attached hydrogen (secondary N) is 2. The summed E-state index contributed by atoms with van der Waals surface area (Å²) in [4.78, 5) is 12.2. The van der Waals surface area contributed by atoms with E-state index in [-0.39, 0.29) is 11.7 Å². The Balaban J connectivity index is 1.67. The molecule has 0 bridgehead atoms. The van der Waals surface area contributed by atoms with Crippen molar-refractivity contribution in [2.75, 3.05) is 10.6 Å². The van der Waals surface area contributed by atoms with Crippen molar-refractivity contribution in [2.45, 2.75) is 6.92 Å². The van der Waals surface area contributed by atoms with Crippen LogP contribution in [0.1, 0.15) is 15.9 Å². The van der Waals surface area contributed by atoms with Crippen molar-refractivity contribution in [3.05, 3.63) is 77.6 Å². The van der Waals surface area contributed by atoms with Crippen molar-refractivity contribution in [3.63, 3.8) is 0 Å². The number of halogens is 1. The van der Waals surface area contributed by atoms with Gasteiger partial charge in [-0.2, -0.15) is 0 Å². The standard InChI is InChI=1S/C18H15FN4O/c1-12-4-2-3-5-15(12)18(24)21-17-11-10-16(22-23-17)20-14-8-6-13(19)7-9-14/h2-11H,1H3,(H,20,22)(H,21,23,24). The van der Waals surface area contributed by atoms with E-state index >= 15 is 0 Å². The van der Waals surface area contributed by atoms with Crippen LogP contribution in [0.2, 0.25) is 0 Å². The molecular formula is C18H15FN4O. The largest absolute Gasteiger partial charge is 0.339 e. The topological polar surface area (TPSA) is 66.9 Å². The summed E-state index contributed by atoms with van der Waals surface area (Å²) in [6.07, 6.45) is 0. The van der Waals surface area contributed by atoms with Crippen molar-refractivity contribution >= 4 is 23.2 Å². The van der Waals surface area contributed by atoms with Gasteiger partial charge < -0.3 is 10.6 Å². The quantitative estimate of drug-likeness (QED) is 0.764. The zero-order valence-electron chi connectivity index (χ0n) is 13.0. The van der Waals surface area contributed by atoms with E-state index in [0.29, 0.717) is 22.9 Å². The van der Waals surface area contributed by atoms with E-state index in [0.717, 1.165) is 5.56 Å². The van der Waals surface area contributed by atoms with Crippen LogP contribution in [0, 0.1) is 12.7 Å². The van der Waals surface area contributed by atoms with E-state index in [9.17, 15) is 9.18 Å². The Labute approximate surface area is 138 Å². The third-order valence-electron chi connectivity index (χ3n) is 3.41. The Morgan fingerprint density at radius 2 is 1.58 bits per heavy atom. The number of benzene rings is 2. The van der Waals surface area contributed by atoms with Gasteiger partial charge >= 0.3 is 0 Å². The van der Waals surface area contributed by atoms with Gasteiger partial charge in [0.1, 0.15) is 5.82 Å². The second-order valence-corrected chi connectivity index (χ2v) is 5.20. The maximum Gasteiger partial charge on any atom is 0.257 e. The van der Waals surface area contributed by atoms with Gasteiger partial charge in [-0.1, -0.05) is 18.2 Å². The molecule has 1 heterocycles. The summed E-state index contributed by atoms with van der Waals surface area (Å²) < 4.78 is 12.9. The van der Waals surface area contributed by atoms with Crippen molar-refractivity contribution in [2.24, 2.45) is 0 Å². The van der Waals surface area contributed by atoms with Crippen molar-refractivity contribution in [1.29, 1.82) is 0 Å². The molecule has 0 atom stereocenters. The second kappa shape index (κ2) is 6.87. The van der Waals surface area contributed by atoms with Gasteiger partial charge in [-0.3, -0.25) is 4.79 Å². The summed E-state index contributed by atoms with van der Waals surface area (Å²) in [7, 11) is 0. The average molecular weight is 322 g/mol. The fourth-order valence-corrected chi connectivity index (χ4v) is 2.16. The van der Waals surface area contributed by atoms with Crippen LogP contribution >= 0.6 is 0 Å². The average Bonchev–Trinajstić information content (AvgIpc) is 2.59. The zero-order chi connectivity index (χ0) is 16.9. The zero-order valence-corrected chi connectivity index (χ0v) is 13.0. The minimum Gasteiger partial charge on any atom is -0.339 e. The summed E-state index contributed by atoms with van der Waals surface area (Å²) in [5, 5.41) is 13.7. The first kappa shape index (κ1) is 15.6. The molecule has 0 aliphatic rings. The first-order valence-electron chi connectivity index (χ1n) is 7.35. The highest BCUT2D eigenvalue weighted by atomic mass is 19.1. The van der Waals surface area contributed by atoms with Crippen molar-refractivity contribution in [1.82, 2.24) is 10.2 Å². The predicted octanol–water partition coefficient (Wildman–Crippen LogP) is 3.92. The lowest BCUT2D eigenvalue weighted by molar-refractivity contribution is 0.102. The lowest BCUT2D eigenvalue weighted by Gasteiger charge is -2.08. The lowest BCUT2D eigenvalue weighted by atomic mass is 10.1. The number of hydrogen-bond donors (Lipinski definition) is 2. The first-order chi connectivity index (χ1) is 11.6. The highest BCUT2D eigenvalue weighted by Gasteiger charge is 2.09. The van der Waals surface area contributed by atoms with Gasteiger partial charge in [-0.25, -0.2) is 4.39 Å². The van der Waals surface area contributed by atoms with Gasteiger partial charge in [0.2, 0.25) is 0 Å². The third kappa shape index (κ3) is 3.73. The van der Waals surface area contributed by atoms with Crippen LogP contribution in [0.3, 0.4) is 0 Å². The minimum absolute atomic E-state index is 0.235. The molecule has 6 heteroatoms. The smallest absolute Gasteiger partial charge is 0.257 e. The molecule has 0 aliphatic heterocycles. The minimum atomic E-state index is -0.305. The molecule has 2 aromatic carbocycles. The molecule has 0 saturated carbocycles. The number of rotatable bonds is 4. The number of carbonyl (C=O) groups is 1. The molecular weight excluding hydrogens is 307 g/mol. The first-order valence-corrected chi connectivity index (χ1v) is 7.35. The molecule has 0 fully saturated rings. The van der Waals surface area contributed by atoms with Crippen LogP contribution in [-0.4, -0.2) is 16.1 Å². The van der Waals surface area contributed by atoms with Gasteiger partial charge in [-0.15, -0.1) is 10.2 Å². The molecule has 0 unspecified atom stereocenters. The molecule has 0 radical (unpaired) electrons. The Bertz CT molecular complexity index is 848. The van der Waals surface area contributed by atoms with Crippen LogP contribution in [0.5, 0.6) is 0 Å². The van der Waals surface area contributed by atoms with Crippen LogP contribution < -0.4 is 10.6 Å². The summed E-state index contributed by atoms with van der Waals surface area (Å²) >= 11 is 0. The molecule has 3 aromatic rings. The monoisotopic (exact) mass is 322 g/mol. The molecule has 2 N–H and O–H groups in total. The Kier molecular flexibility index (Phi) is 4.47. The van der Waals surface area contributed by atoms with Crippen LogP contribution in [0.15, 0.2) is 60.7 Å². The predicted molar refractivity (Wildman–Crippen MR) is 90.8 cm³/mol. The summed E-state index contributed by atoms with van der Waals surface area (Å²) in [5.74, 6) is 0.311. The maximum atomic E-state index is 12.9. The highest BCUT2D eigenvalue weighted by molar-refractivity contribution is 6.04. The van der Waals surface area contributed by atoms with Crippen LogP contribution in [0.4, 0.5) is 21.7 Å². The third-order valence-corrected chi connectivity index (χ3v) is 3.41. The fourth-order valence-electron chi connectivity index (χ4n) is 2.16. The number of nitrogens with zero attached hydrogens (tertiary/aromatic N) is 2. The molecule has 0 spiro atoms. The van der Waals surface area contributed by atoms with E-state index in [4.69, 9.17) is 0 Å². The SMILES string of the molecule is Cc1ccccc1C(=O)Nc1ccc(Nc2ccc(F)cc2)nn1. The van der Waals surface area contributed by atoms with Gasteiger partial charge in [-0.05, 0) is 55.0 Å². The summed E-state index contributed by atoms with van der Waals surface area (Å²) in [6.45, 7) is 1.87. The van der Waals surface area contributed by atoms with E-state index < -0.39 is 0 Å². The number of aromatic nitrogens is 2. The molecule has 1 amide bonds. The Morgan fingerprint density at radius 3 is 2.25 bits per heavy atom. The molecule has 0 aliphatic carbocycles. The number of anilines is 3. The van der Waals surface area contributed by atoms with Gasteiger partial charge in [0, 0.05) is 11.3 Å². The molecule has 0 saturated heterocycles. The van der Waals surface area contributed by atoms with Crippen molar-refractivity contribution in [3.8, 4) is 0 Å². The Hall–Kier alpha value is -3.28. The normalized spacial score (nSPS) is 10.2. The van der Waals surface area contributed by atoms with Gasteiger partial charge in [0.15, 0.2) is 11.6 Å². The van der Waals surface area contributed by atoms with Crippen LogP contribution in [-0.2, 0) is 0 Å². The highest BCUT2D eigenvalue weighted by Crippen LogP contribution is 2.16. The van der Waals surface area contributed by atoms with E-state index in [2.05, 4.69) is 20.8 Å². The van der Waals surface area contributed by atoms with Crippen LogP contribution in [0.25, 0.3) is 0 Å². The summed E-state index contributed by atoms with van der Waals surface area (Å²) in [6, 6.07) is 16.6. The Morgan fingerprint density at radius 1 is 0.917 bits per heavy atom. The molecule has 3 rings (SSSR count). The summed E-state index contributed by atoms with van der Waals surface area (Å²) in [5.41, 5.74) is 2.17.